The van der Waals surface area contributed by atoms with Crippen LogP contribution in [0.3, 0.4) is 0 Å². The lowest BCUT2D eigenvalue weighted by Gasteiger charge is -2.14. The molecule has 0 radical (unpaired) electrons. The Morgan fingerprint density at radius 1 is 1.12 bits per heavy atom. The van der Waals surface area contributed by atoms with E-state index >= 15 is 0 Å². The zero-order chi connectivity index (χ0) is 19.7. The fraction of sp³-hybridized carbons (Fsp3) is 0.438. The van der Waals surface area contributed by atoms with Crippen LogP contribution in [0.15, 0.2) is 29.2 Å². The lowest BCUT2D eigenvalue weighted by Crippen LogP contribution is -2.44. The van der Waals surface area contributed by atoms with Gasteiger partial charge in [-0.2, -0.15) is 4.72 Å². The highest BCUT2D eigenvalue weighted by Crippen LogP contribution is 2.14. The van der Waals surface area contributed by atoms with E-state index in [9.17, 15) is 22.8 Å². The molecule has 0 aliphatic carbocycles. The molecule has 0 bridgehead atoms. The highest BCUT2D eigenvalue weighted by atomic mass is 32.2. The highest BCUT2D eigenvalue weighted by molar-refractivity contribution is 7.89. The van der Waals surface area contributed by atoms with Crippen molar-refractivity contribution in [3.8, 4) is 0 Å². The number of aliphatic carboxylic acids is 1. The Morgan fingerprint density at radius 2 is 1.73 bits per heavy atom. The summed E-state index contributed by atoms with van der Waals surface area (Å²) in [5, 5.41) is 13.6. The zero-order valence-electron chi connectivity index (χ0n) is 14.6. The lowest BCUT2D eigenvalue weighted by molar-refractivity contribution is -0.137. The van der Waals surface area contributed by atoms with Crippen molar-refractivity contribution in [3.05, 3.63) is 24.3 Å². The number of unbranched alkanes of at least 4 members (excludes halogenated alkanes) is 1. The minimum absolute atomic E-state index is 0.0204. The third-order valence-electron chi connectivity index (χ3n) is 3.33. The van der Waals surface area contributed by atoms with Crippen molar-refractivity contribution < 1.29 is 27.9 Å². The zero-order valence-corrected chi connectivity index (χ0v) is 15.4. The van der Waals surface area contributed by atoms with Gasteiger partial charge in [0.05, 0.1) is 10.9 Å². The molecule has 1 unspecified atom stereocenters. The van der Waals surface area contributed by atoms with Crippen LogP contribution in [0.4, 0.5) is 5.69 Å². The third-order valence-corrected chi connectivity index (χ3v) is 4.88. The molecule has 0 saturated carbocycles. The van der Waals surface area contributed by atoms with E-state index < -0.39 is 27.9 Å². The molecule has 4 N–H and O–H groups in total. The van der Waals surface area contributed by atoms with Gasteiger partial charge in [-0.05, 0) is 44.0 Å². The van der Waals surface area contributed by atoms with E-state index in [0.717, 1.165) is 0 Å². The molecule has 0 aromatic heterocycles. The van der Waals surface area contributed by atoms with Crippen LogP contribution in [0, 0.1) is 0 Å². The van der Waals surface area contributed by atoms with Gasteiger partial charge in [0.2, 0.25) is 21.8 Å². The second kappa shape index (κ2) is 9.88. The summed E-state index contributed by atoms with van der Waals surface area (Å²) in [5.41, 5.74) is 0.462. The topological polar surface area (TPSA) is 142 Å². The van der Waals surface area contributed by atoms with Crippen molar-refractivity contribution in [2.24, 2.45) is 0 Å². The van der Waals surface area contributed by atoms with Crippen molar-refractivity contribution >= 4 is 33.5 Å². The Bertz CT molecular complexity index is 746. The molecule has 1 rings (SSSR count). The number of sulfonamides is 1. The molecule has 26 heavy (non-hydrogen) atoms. The standard InChI is InChI=1S/C16H23N3O6S/c1-11(16(23)17-10-4-3-5-15(21)22)19-26(24,25)14-8-6-13(7-9-14)18-12(2)20/h6-9,11,19H,3-5,10H2,1-2H3,(H,17,23)(H,18,20)(H,21,22). The fourth-order valence-electron chi connectivity index (χ4n) is 2.04. The van der Waals surface area contributed by atoms with Gasteiger partial charge in [0.25, 0.3) is 0 Å². The molecule has 1 aromatic rings. The predicted octanol–water partition coefficient (Wildman–Crippen LogP) is 0.683. The first kappa shape index (κ1) is 21.6. The Morgan fingerprint density at radius 3 is 2.27 bits per heavy atom. The Labute approximate surface area is 152 Å². The summed E-state index contributed by atoms with van der Waals surface area (Å²) >= 11 is 0. The summed E-state index contributed by atoms with van der Waals surface area (Å²) in [7, 11) is -3.90. The number of nitrogens with one attached hydrogen (secondary N) is 3. The summed E-state index contributed by atoms with van der Waals surface area (Å²) in [6.07, 6.45) is 0.936. The van der Waals surface area contributed by atoms with Crippen molar-refractivity contribution in [1.29, 1.82) is 0 Å². The van der Waals surface area contributed by atoms with Gasteiger partial charge in [-0.25, -0.2) is 8.42 Å². The number of hydrogen-bond donors (Lipinski definition) is 4. The van der Waals surface area contributed by atoms with Gasteiger partial charge in [-0.1, -0.05) is 0 Å². The summed E-state index contributed by atoms with van der Waals surface area (Å²) in [6.45, 7) is 3.02. The van der Waals surface area contributed by atoms with E-state index in [0.29, 0.717) is 18.5 Å². The normalized spacial score (nSPS) is 12.2. The second-order valence-electron chi connectivity index (χ2n) is 5.69. The third kappa shape index (κ3) is 7.62. The summed E-state index contributed by atoms with van der Waals surface area (Å²) in [6, 6.07) is 4.55. The maximum absolute atomic E-state index is 12.3. The van der Waals surface area contributed by atoms with E-state index in [2.05, 4.69) is 15.4 Å². The van der Waals surface area contributed by atoms with Crippen LogP contribution < -0.4 is 15.4 Å². The minimum atomic E-state index is -3.90. The maximum Gasteiger partial charge on any atom is 0.303 e. The van der Waals surface area contributed by atoms with Gasteiger partial charge in [0.15, 0.2) is 0 Å². The van der Waals surface area contributed by atoms with Gasteiger partial charge < -0.3 is 15.7 Å². The van der Waals surface area contributed by atoms with Gasteiger partial charge in [-0.15, -0.1) is 0 Å². The number of carbonyl (C=O) groups is 3. The van der Waals surface area contributed by atoms with Crippen LogP contribution >= 0.6 is 0 Å². The number of amides is 2. The Balaban J connectivity index is 2.55. The monoisotopic (exact) mass is 385 g/mol. The number of rotatable bonds is 10. The van der Waals surface area contributed by atoms with Crippen molar-refractivity contribution in [3.63, 3.8) is 0 Å². The van der Waals surface area contributed by atoms with Crippen LogP contribution in [0.1, 0.15) is 33.1 Å². The van der Waals surface area contributed by atoms with Gasteiger partial charge in [-0.3, -0.25) is 14.4 Å². The van der Waals surface area contributed by atoms with Gasteiger partial charge in [0, 0.05) is 25.6 Å². The number of carbonyl (C=O) groups excluding carboxylic acids is 2. The van der Waals surface area contributed by atoms with E-state index in [4.69, 9.17) is 5.11 Å². The molecular weight excluding hydrogens is 362 g/mol. The first-order chi connectivity index (χ1) is 12.1. The average Bonchev–Trinajstić information content (AvgIpc) is 2.53. The number of carboxylic acids is 1. The molecule has 0 saturated heterocycles. The molecule has 144 valence electrons. The number of hydrogen-bond acceptors (Lipinski definition) is 5. The maximum atomic E-state index is 12.3. The molecule has 10 heteroatoms. The lowest BCUT2D eigenvalue weighted by atomic mass is 10.2. The van der Waals surface area contributed by atoms with Gasteiger partial charge >= 0.3 is 5.97 Å². The van der Waals surface area contributed by atoms with Crippen LogP contribution in [-0.4, -0.2) is 43.9 Å². The van der Waals surface area contributed by atoms with Crippen molar-refractivity contribution in [2.45, 2.75) is 44.0 Å². The first-order valence-corrected chi connectivity index (χ1v) is 9.49. The van der Waals surface area contributed by atoms with Crippen LogP contribution in [0.2, 0.25) is 0 Å². The molecule has 0 spiro atoms. The van der Waals surface area contributed by atoms with Crippen molar-refractivity contribution in [1.82, 2.24) is 10.0 Å². The van der Waals surface area contributed by atoms with Crippen molar-refractivity contribution in [2.75, 3.05) is 11.9 Å². The van der Waals surface area contributed by atoms with E-state index in [-0.39, 0.29) is 23.8 Å². The average molecular weight is 385 g/mol. The Hall–Kier alpha value is -2.46. The summed E-state index contributed by atoms with van der Waals surface area (Å²) in [4.78, 5) is 33.2. The summed E-state index contributed by atoms with van der Waals surface area (Å²) < 4.78 is 26.8. The quantitative estimate of drug-likeness (QED) is 0.436. The molecule has 0 aliphatic rings. The van der Waals surface area contributed by atoms with E-state index in [1.165, 1.54) is 38.1 Å². The van der Waals surface area contributed by atoms with E-state index in [1.54, 1.807) is 0 Å². The first-order valence-electron chi connectivity index (χ1n) is 8.01. The van der Waals surface area contributed by atoms with Crippen LogP contribution in [-0.2, 0) is 24.4 Å². The molecule has 0 heterocycles. The number of benzene rings is 1. The molecule has 0 fully saturated rings. The highest BCUT2D eigenvalue weighted by Gasteiger charge is 2.21. The fourth-order valence-corrected chi connectivity index (χ4v) is 3.24. The largest absolute Gasteiger partial charge is 0.481 e. The van der Waals surface area contributed by atoms with Crippen LogP contribution in [0.25, 0.3) is 0 Å². The SMILES string of the molecule is CC(=O)Nc1ccc(S(=O)(=O)NC(C)C(=O)NCCCCC(=O)O)cc1. The molecular formula is C16H23N3O6S. The molecule has 9 nitrogen and oxygen atoms in total. The minimum Gasteiger partial charge on any atom is -0.481 e. The number of carboxylic acid groups (broad SMARTS) is 1. The molecule has 2 amide bonds. The molecule has 1 aromatic carbocycles. The smallest absolute Gasteiger partial charge is 0.303 e. The van der Waals surface area contributed by atoms with E-state index in [1.807, 2.05) is 0 Å². The predicted molar refractivity (Wildman–Crippen MR) is 95.0 cm³/mol. The summed E-state index contributed by atoms with van der Waals surface area (Å²) in [5.74, 6) is -1.67. The molecule has 0 aliphatic heterocycles. The molecule has 1 atom stereocenters. The second-order valence-corrected chi connectivity index (χ2v) is 7.40. The Kier molecular flexibility index (Phi) is 8.20. The van der Waals surface area contributed by atoms with Gasteiger partial charge in [0.1, 0.15) is 0 Å². The van der Waals surface area contributed by atoms with Crippen LogP contribution in [0.5, 0.6) is 0 Å². The number of anilines is 1.